The third-order valence-electron chi connectivity index (χ3n) is 3.28. The molecule has 0 radical (unpaired) electrons. The second-order valence-electron chi connectivity index (χ2n) is 5.59. The van der Waals surface area contributed by atoms with Gasteiger partial charge in [-0.05, 0) is 26.7 Å². The topological polar surface area (TPSA) is 58.9 Å². The van der Waals surface area contributed by atoms with Crippen LogP contribution in [0.15, 0.2) is 12.2 Å². The molecule has 1 saturated heterocycles. The molecule has 0 saturated carbocycles. The summed E-state index contributed by atoms with van der Waals surface area (Å²) in [5.41, 5.74) is 0. The third-order valence-corrected chi connectivity index (χ3v) is 3.28. The van der Waals surface area contributed by atoms with Gasteiger partial charge in [-0.15, -0.1) is 0 Å². The van der Waals surface area contributed by atoms with Gasteiger partial charge in [-0.3, -0.25) is 0 Å². The summed E-state index contributed by atoms with van der Waals surface area (Å²) in [7, 11) is 0. The fourth-order valence-electron chi connectivity index (χ4n) is 2.29. The summed E-state index contributed by atoms with van der Waals surface area (Å²) in [5.74, 6) is -0.710. The fraction of sp³-hybridized carbons (Fsp3) is 0.867. The lowest BCUT2D eigenvalue weighted by molar-refractivity contribution is -0.155. The molecule has 2 N–H and O–H groups in total. The zero-order valence-corrected chi connectivity index (χ0v) is 12.3. The van der Waals surface area contributed by atoms with Gasteiger partial charge in [0.2, 0.25) is 0 Å². The quantitative estimate of drug-likeness (QED) is 0.526. The van der Waals surface area contributed by atoms with Gasteiger partial charge < -0.3 is 19.7 Å². The minimum absolute atomic E-state index is 0.289. The predicted molar refractivity (Wildman–Crippen MR) is 74.8 cm³/mol. The Balaban J connectivity index is 2.43. The first-order chi connectivity index (χ1) is 9.00. The molecule has 4 heteroatoms. The van der Waals surface area contributed by atoms with Crippen molar-refractivity contribution in [3.63, 3.8) is 0 Å². The Bertz CT molecular complexity index is 275. The van der Waals surface area contributed by atoms with E-state index in [4.69, 9.17) is 14.6 Å². The molecule has 19 heavy (non-hydrogen) atoms. The van der Waals surface area contributed by atoms with E-state index < -0.39 is 18.0 Å². The van der Waals surface area contributed by atoms with E-state index in [0.717, 1.165) is 6.42 Å². The van der Waals surface area contributed by atoms with Crippen molar-refractivity contribution in [1.29, 1.82) is 0 Å². The highest BCUT2D eigenvalue weighted by Crippen LogP contribution is 2.30. The zero-order chi connectivity index (χ0) is 14.3. The van der Waals surface area contributed by atoms with Crippen molar-refractivity contribution in [3.05, 3.63) is 12.2 Å². The lowest BCUT2D eigenvalue weighted by Gasteiger charge is -2.19. The van der Waals surface area contributed by atoms with Crippen LogP contribution < -0.4 is 0 Å². The van der Waals surface area contributed by atoms with Gasteiger partial charge in [0.15, 0.2) is 5.79 Å². The smallest absolute Gasteiger partial charge is 0.164 e. The highest BCUT2D eigenvalue weighted by molar-refractivity contribution is 5.00. The van der Waals surface area contributed by atoms with Crippen LogP contribution in [0, 0.1) is 0 Å². The van der Waals surface area contributed by atoms with Crippen molar-refractivity contribution in [2.75, 3.05) is 6.61 Å². The minimum atomic E-state index is -0.906. The van der Waals surface area contributed by atoms with Crippen LogP contribution >= 0.6 is 0 Å². The summed E-state index contributed by atoms with van der Waals surface area (Å²) in [6, 6.07) is 0. The summed E-state index contributed by atoms with van der Waals surface area (Å²) < 4.78 is 11.4. The molecule has 1 aliphatic heterocycles. The minimum Gasteiger partial charge on any atom is -0.394 e. The molecule has 4 nitrogen and oxygen atoms in total. The Morgan fingerprint density at radius 2 is 1.95 bits per heavy atom. The summed E-state index contributed by atoms with van der Waals surface area (Å²) in [6.07, 6.45) is 8.30. The largest absolute Gasteiger partial charge is 0.394 e. The first-order valence-corrected chi connectivity index (χ1v) is 7.31. The normalized spacial score (nSPS) is 28.1. The molecule has 1 heterocycles. The van der Waals surface area contributed by atoms with E-state index in [9.17, 15) is 5.11 Å². The van der Waals surface area contributed by atoms with Crippen LogP contribution in [-0.4, -0.2) is 40.9 Å². The summed E-state index contributed by atoms with van der Waals surface area (Å²) >= 11 is 0. The van der Waals surface area contributed by atoms with Crippen molar-refractivity contribution in [1.82, 2.24) is 0 Å². The van der Waals surface area contributed by atoms with Crippen LogP contribution in [0.2, 0.25) is 0 Å². The molecule has 0 unspecified atom stereocenters. The zero-order valence-electron chi connectivity index (χ0n) is 12.3. The van der Waals surface area contributed by atoms with E-state index in [2.05, 4.69) is 13.0 Å². The van der Waals surface area contributed by atoms with E-state index in [1.807, 2.05) is 19.9 Å². The highest BCUT2D eigenvalue weighted by Gasteiger charge is 2.43. The van der Waals surface area contributed by atoms with Gasteiger partial charge in [0, 0.05) is 0 Å². The number of hydrogen-bond acceptors (Lipinski definition) is 4. The van der Waals surface area contributed by atoms with E-state index in [-0.39, 0.29) is 12.7 Å². The van der Waals surface area contributed by atoms with E-state index in [1.165, 1.54) is 25.7 Å². The number of hydrogen-bond donors (Lipinski definition) is 2. The van der Waals surface area contributed by atoms with Crippen LogP contribution in [0.1, 0.15) is 52.9 Å². The van der Waals surface area contributed by atoms with Gasteiger partial charge in [0.25, 0.3) is 0 Å². The monoisotopic (exact) mass is 272 g/mol. The van der Waals surface area contributed by atoms with Crippen molar-refractivity contribution in [2.24, 2.45) is 0 Å². The van der Waals surface area contributed by atoms with Crippen LogP contribution in [-0.2, 0) is 9.47 Å². The Hall–Kier alpha value is -0.420. The van der Waals surface area contributed by atoms with Gasteiger partial charge in [-0.2, -0.15) is 0 Å². The van der Waals surface area contributed by atoms with Crippen LogP contribution in [0.25, 0.3) is 0 Å². The molecule has 0 bridgehead atoms. The van der Waals surface area contributed by atoms with Crippen LogP contribution in [0.5, 0.6) is 0 Å². The van der Waals surface area contributed by atoms with E-state index in [1.54, 1.807) is 0 Å². The van der Waals surface area contributed by atoms with Gasteiger partial charge in [-0.25, -0.2) is 0 Å². The first kappa shape index (κ1) is 16.6. The molecule has 1 aliphatic rings. The molecule has 0 aromatic carbocycles. The fourth-order valence-corrected chi connectivity index (χ4v) is 2.29. The first-order valence-electron chi connectivity index (χ1n) is 7.31. The van der Waals surface area contributed by atoms with Crippen molar-refractivity contribution in [3.8, 4) is 0 Å². The lowest BCUT2D eigenvalue weighted by Crippen LogP contribution is -2.37. The molecule has 0 aliphatic carbocycles. The molecule has 1 rings (SSSR count). The highest BCUT2D eigenvalue weighted by atomic mass is 16.8. The average molecular weight is 272 g/mol. The molecule has 112 valence electrons. The SMILES string of the molecule is CCCCCC/C=C/[C@H]1OC(C)(C)O[C@H]1[C@H](O)CO. The second-order valence-corrected chi connectivity index (χ2v) is 5.59. The van der Waals surface area contributed by atoms with Crippen LogP contribution in [0.4, 0.5) is 0 Å². The Labute approximate surface area is 116 Å². The van der Waals surface area contributed by atoms with Crippen molar-refractivity contribution in [2.45, 2.75) is 77.0 Å². The number of aliphatic hydroxyl groups excluding tert-OH is 2. The van der Waals surface area contributed by atoms with E-state index in [0.29, 0.717) is 0 Å². The van der Waals surface area contributed by atoms with Gasteiger partial charge >= 0.3 is 0 Å². The summed E-state index contributed by atoms with van der Waals surface area (Å²) in [4.78, 5) is 0. The number of ether oxygens (including phenoxy) is 2. The van der Waals surface area contributed by atoms with Gasteiger partial charge in [-0.1, -0.05) is 38.3 Å². The van der Waals surface area contributed by atoms with Gasteiger partial charge in [0.05, 0.1) is 6.61 Å². The van der Waals surface area contributed by atoms with Crippen LogP contribution in [0.3, 0.4) is 0 Å². The van der Waals surface area contributed by atoms with E-state index >= 15 is 0 Å². The lowest BCUT2D eigenvalue weighted by atomic mass is 10.1. The predicted octanol–water partition coefficient (Wildman–Crippen LogP) is 2.39. The molecule has 1 fully saturated rings. The third kappa shape index (κ3) is 5.61. The molecule has 0 aromatic rings. The van der Waals surface area contributed by atoms with Crippen molar-refractivity contribution < 1.29 is 19.7 Å². The molecule has 0 spiro atoms. The molecular formula is C15H28O4. The maximum absolute atomic E-state index is 9.74. The summed E-state index contributed by atoms with van der Waals surface area (Å²) in [5, 5.41) is 18.8. The Morgan fingerprint density at radius 3 is 2.58 bits per heavy atom. The number of aliphatic hydroxyl groups is 2. The molecular weight excluding hydrogens is 244 g/mol. The molecule has 0 aromatic heterocycles. The number of rotatable bonds is 8. The second kappa shape index (κ2) is 8.00. The maximum atomic E-state index is 9.74. The number of allylic oxidation sites excluding steroid dienone is 1. The molecule has 0 amide bonds. The molecule has 3 atom stereocenters. The van der Waals surface area contributed by atoms with Crippen molar-refractivity contribution >= 4 is 0 Å². The maximum Gasteiger partial charge on any atom is 0.164 e. The van der Waals surface area contributed by atoms with Gasteiger partial charge in [0.1, 0.15) is 18.3 Å². The summed E-state index contributed by atoms with van der Waals surface area (Å²) in [6.45, 7) is 5.52. The number of unbranched alkanes of at least 4 members (excludes halogenated alkanes) is 4. The Kier molecular flexibility index (Phi) is 7.00. The average Bonchev–Trinajstić information content (AvgIpc) is 2.68. The Morgan fingerprint density at radius 1 is 1.21 bits per heavy atom. The standard InChI is InChI=1S/C15H28O4/c1-4-5-6-7-8-9-10-13-14(12(17)11-16)19-15(2,3)18-13/h9-10,12-14,16-17H,4-8,11H2,1-3H3/b10-9+/t12-,13-,14+/m1/s1.